The Morgan fingerprint density at radius 2 is 1.81 bits per heavy atom. The summed E-state index contributed by atoms with van der Waals surface area (Å²) in [6.07, 6.45) is 1.70. The summed E-state index contributed by atoms with van der Waals surface area (Å²) in [5.41, 5.74) is 8.30. The fraction of sp³-hybridized carbons (Fsp3) is 0.0833. The second-order valence-electron chi connectivity index (χ2n) is 3.21. The first kappa shape index (κ1) is 12.6. The highest BCUT2D eigenvalue weighted by Gasteiger charge is 2.03. The summed E-state index contributed by atoms with van der Waals surface area (Å²) in [4.78, 5) is 4.18. The fourth-order valence-electron chi connectivity index (χ4n) is 1.49. The lowest BCUT2D eigenvalue weighted by Gasteiger charge is -2.06. The average molecular weight is 239 g/mol. The largest absolute Gasteiger partial charge is 0.325 e. The van der Waals surface area contributed by atoms with E-state index < -0.39 is 0 Å². The summed E-state index contributed by atoms with van der Waals surface area (Å²) in [5, 5.41) is 0. The number of hydrogen-bond donors (Lipinski definition) is 1. The Morgan fingerprint density at radius 1 is 1.12 bits per heavy atom. The maximum atomic E-state index is 12.7. The average Bonchev–Trinajstić information content (AvgIpc) is 2.30. The molecular weight excluding hydrogens is 227 g/mol. The highest BCUT2D eigenvalue weighted by Crippen LogP contribution is 2.21. The Balaban J connectivity index is 0.00000128. The third-order valence-corrected chi connectivity index (χ3v) is 2.24. The van der Waals surface area contributed by atoms with Crippen molar-refractivity contribution < 1.29 is 4.39 Å². The molecule has 0 aliphatic carbocycles. The highest BCUT2D eigenvalue weighted by atomic mass is 35.5. The van der Waals surface area contributed by atoms with E-state index in [1.807, 2.05) is 12.1 Å². The summed E-state index contributed by atoms with van der Waals surface area (Å²) in [7, 11) is 0. The summed E-state index contributed by atoms with van der Waals surface area (Å²) in [6, 6.07) is 10.1. The quantitative estimate of drug-likeness (QED) is 0.874. The van der Waals surface area contributed by atoms with Crippen molar-refractivity contribution in [3.05, 3.63) is 54.1 Å². The van der Waals surface area contributed by atoms with Gasteiger partial charge in [-0.3, -0.25) is 4.98 Å². The fourth-order valence-corrected chi connectivity index (χ4v) is 1.49. The van der Waals surface area contributed by atoms with Crippen LogP contribution in [0, 0.1) is 5.82 Å². The zero-order chi connectivity index (χ0) is 10.7. The molecule has 4 heteroatoms. The van der Waals surface area contributed by atoms with Crippen LogP contribution in [0.3, 0.4) is 0 Å². The zero-order valence-electron chi connectivity index (χ0n) is 8.56. The van der Waals surface area contributed by atoms with Crippen LogP contribution in [0.25, 0.3) is 11.1 Å². The maximum Gasteiger partial charge on any atom is 0.123 e. The van der Waals surface area contributed by atoms with Crippen molar-refractivity contribution in [1.82, 2.24) is 4.98 Å². The molecule has 84 valence electrons. The molecule has 0 atom stereocenters. The predicted molar refractivity (Wildman–Crippen MR) is 64.8 cm³/mol. The minimum Gasteiger partial charge on any atom is -0.325 e. The molecule has 0 amide bonds. The van der Waals surface area contributed by atoms with Crippen LogP contribution >= 0.6 is 12.4 Å². The molecule has 0 aliphatic rings. The Kier molecular flexibility index (Phi) is 4.40. The molecule has 16 heavy (non-hydrogen) atoms. The smallest absolute Gasteiger partial charge is 0.123 e. The lowest BCUT2D eigenvalue weighted by atomic mass is 10.0. The van der Waals surface area contributed by atoms with Gasteiger partial charge in [-0.15, -0.1) is 12.4 Å². The summed E-state index contributed by atoms with van der Waals surface area (Å²) < 4.78 is 12.7. The normalized spacial score (nSPS) is 9.62. The van der Waals surface area contributed by atoms with Crippen LogP contribution < -0.4 is 5.73 Å². The molecule has 0 saturated heterocycles. The molecule has 0 saturated carbocycles. The van der Waals surface area contributed by atoms with E-state index in [1.54, 1.807) is 18.3 Å². The van der Waals surface area contributed by atoms with Gasteiger partial charge in [-0.1, -0.05) is 18.2 Å². The van der Waals surface area contributed by atoms with E-state index >= 15 is 0 Å². The van der Waals surface area contributed by atoms with Crippen molar-refractivity contribution in [3.63, 3.8) is 0 Å². The molecule has 1 aromatic carbocycles. The van der Waals surface area contributed by atoms with Gasteiger partial charge in [0.15, 0.2) is 0 Å². The van der Waals surface area contributed by atoms with Crippen LogP contribution in [0.15, 0.2) is 42.6 Å². The number of pyridine rings is 1. The van der Waals surface area contributed by atoms with Crippen molar-refractivity contribution in [3.8, 4) is 11.1 Å². The van der Waals surface area contributed by atoms with Gasteiger partial charge in [-0.2, -0.15) is 0 Å². The van der Waals surface area contributed by atoms with Crippen LogP contribution in [-0.2, 0) is 6.54 Å². The summed E-state index contributed by atoms with van der Waals surface area (Å²) in [6.45, 7) is 0.382. The van der Waals surface area contributed by atoms with Gasteiger partial charge >= 0.3 is 0 Å². The maximum absolute atomic E-state index is 12.7. The highest BCUT2D eigenvalue weighted by molar-refractivity contribution is 5.85. The summed E-state index contributed by atoms with van der Waals surface area (Å²) in [5.74, 6) is -0.239. The van der Waals surface area contributed by atoms with Crippen molar-refractivity contribution in [1.29, 1.82) is 0 Å². The number of rotatable bonds is 2. The second-order valence-corrected chi connectivity index (χ2v) is 3.21. The Morgan fingerprint density at radius 3 is 2.44 bits per heavy atom. The molecule has 2 aromatic rings. The first-order valence-corrected chi connectivity index (χ1v) is 4.71. The van der Waals surface area contributed by atoms with Gasteiger partial charge in [0.05, 0.1) is 5.69 Å². The number of nitrogens with zero attached hydrogens (tertiary/aromatic N) is 1. The van der Waals surface area contributed by atoms with Crippen molar-refractivity contribution in [2.75, 3.05) is 0 Å². The van der Waals surface area contributed by atoms with E-state index in [0.717, 1.165) is 16.8 Å². The van der Waals surface area contributed by atoms with Gasteiger partial charge in [0.1, 0.15) is 5.82 Å². The number of hydrogen-bond acceptors (Lipinski definition) is 2. The molecule has 1 heterocycles. The van der Waals surface area contributed by atoms with E-state index in [-0.39, 0.29) is 18.2 Å². The molecule has 0 unspecified atom stereocenters. The van der Waals surface area contributed by atoms with E-state index in [4.69, 9.17) is 5.73 Å². The molecule has 0 radical (unpaired) electrons. The molecule has 0 bridgehead atoms. The number of aromatic nitrogens is 1. The zero-order valence-corrected chi connectivity index (χ0v) is 9.38. The standard InChI is InChI=1S/C12H11FN2.ClH/c13-10-5-3-9(4-6-10)11-2-1-7-15-12(11)8-14;/h1-7H,8,14H2;1H. The van der Waals surface area contributed by atoms with E-state index in [0.29, 0.717) is 6.54 Å². The van der Waals surface area contributed by atoms with Gasteiger partial charge in [-0.05, 0) is 23.8 Å². The SMILES string of the molecule is Cl.NCc1ncccc1-c1ccc(F)cc1. The van der Waals surface area contributed by atoms with Gasteiger partial charge in [-0.25, -0.2) is 4.39 Å². The first-order chi connectivity index (χ1) is 7.31. The summed E-state index contributed by atoms with van der Waals surface area (Å²) >= 11 is 0. The molecule has 0 fully saturated rings. The van der Waals surface area contributed by atoms with Crippen LogP contribution in [0.1, 0.15) is 5.69 Å². The van der Waals surface area contributed by atoms with Crippen molar-refractivity contribution in [2.24, 2.45) is 5.73 Å². The lowest BCUT2D eigenvalue weighted by Crippen LogP contribution is -2.01. The van der Waals surface area contributed by atoms with Crippen molar-refractivity contribution in [2.45, 2.75) is 6.54 Å². The van der Waals surface area contributed by atoms with Crippen LogP contribution in [0.5, 0.6) is 0 Å². The third-order valence-electron chi connectivity index (χ3n) is 2.24. The van der Waals surface area contributed by atoms with Crippen LogP contribution in [0.2, 0.25) is 0 Å². The monoisotopic (exact) mass is 238 g/mol. The Bertz CT molecular complexity index is 457. The first-order valence-electron chi connectivity index (χ1n) is 4.71. The van der Waals surface area contributed by atoms with Crippen LogP contribution in [-0.4, -0.2) is 4.98 Å². The molecule has 2 N–H and O–H groups in total. The van der Waals surface area contributed by atoms with E-state index in [2.05, 4.69) is 4.98 Å². The molecule has 2 nitrogen and oxygen atoms in total. The molecule has 0 aliphatic heterocycles. The minimum absolute atomic E-state index is 0. The molecule has 2 rings (SSSR count). The minimum atomic E-state index is -0.239. The van der Waals surface area contributed by atoms with Gasteiger partial charge in [0.25, 0.3) is 0 Å². The van der Waals surface area contributed by atoms with E-state index in [1.165, 1.54) is 12.1 Å². The Hall–Kier alpha value is -1.45. The van der Waals surface area contributed by atoms with E-state index in [9.17, 15) is 4.39 Å². The predicted octanol–water partition coefficient (Wildman–Crippen LogP) is 2.77. The third kappa shape index (κ3) is 2.56. The Labute approximate surface area is 99.7 Å². The van der Waals surface area contributed by atoms with Gasteiger partial charge in [0, 0.05) is 18.3 Å². The number of halogens is 2. The lowest BCUT2D eigenvalue weighted by molar-refractivity contribution is 0.628. The van der Waals surface area contributed by atoms with Gasteiger partial charge < -0.3 is 5.73 Å². The van der Waals surface area contributed by atoms with Crippen molar-refractivity contribution >= 4 is 12.4 Å². The molecule has 0 spiro atoms. The van der Waals surface area contributed by atoms with Crippen LogP contribution in [0.4, 0.5) is 4.39 Å². The topological polar surface area (TPSA) is 38.9 Å². The molecule has 1 aromatic heterocycles. The molecular formula is C12H12ClFN2. The number of benzene rings is 1. The van der Waals surface area contributed by atoms with Gasteiger partial charge in [0.2, 0.25) is 0 Å². The number of nitrogens with two attached hydrogens (primary N) is 1. The second kappa shape index (κ2) is 5.58.